The number of hydrogen-bond donors (Lipinski definition) is 6. The third-order valence-corrected chi connectivity index (χ3v) is 3.05. The van der Waals surface area contributed by atoms with Crippen LogP contribution >= 0.6 is 0 Å². The quantitative estimate of drug-likeness (QED) is 0.403. The summed E-state index contributed by atoms with van der Waals surface area (Å²) in [6.07, 6.45) is 0. The van der Waals surface area contributed by atoms with Gasteiger partial charge in [-0.2, -0.15) is 0 Å². The van der Waals surface area contributed by atoms with E-state index in [-0.39, 0.29) is 19.8 Å². The Kier molecular flexibility index (Phi) is 8.77. The molecule has 2 aromatic rings. The fraction of sp³-hybridized carbons (Fsp3) is 0.294. The topological polar surface area (TPSA) is 149 Å². The van der Waals surface area contributed by atoms with Gasteiger partial charge in [0.15, 0.2) is 0 Å². The third kappa shape index (κ3) is 7.06. The number of aliphatic hydroxyl groups excluding tert-OH is 2. The summed E-state index contributed by atoms with van der Waals surface area (Å²) in [6, 6.07) is 10.4. The Morgan fingerprint density at radius 3 is 2.16 bits per heavy atom. The number of nitrogens with two attached hydrogens (primary N) is 3. The third-order valence-electron chi connectivity index (χ3n) is 3.05. The molecule has 0 aromatic heterocycles. The SMILES string of the molecule is COc1ccc(NCCO)cc1N.Nc1ccc(OCCO)c(N)c1. The van der Waals surface area contributed by atoms with E-state index in [1.807, 2.05) is 6.07 Å². The van der Waals surface area contributed by atoms with E-state index in [0.717, 1.165) is 5.69 Å². The lowest BCUT2D eigenvalue weighted by Gasteiger charge is -2.08. The first kappa shape index (κ1) is 20.2. The number of methoxy groups -OCH3 is 1. The molecule has 0 fully saturated rings. The summed E-state index contributed by atoms with van der Waals surface area (Å²) in [5.41, 5.74) is 19.3. The predicted molar refractivity (Wildman–Crippen MR) is 101 cm³/mol. The van der Waals surface area contributed by atoms with E-state index in [9.17, 15) is 0 Å². The standard InChI is InChI=1S/C9H14N2O2.C8H12N2O2/c1-13-9-3-2-7(6-8(9)10)11-4-5-12;9-6-1-2-8(7(10)5-6)12-4-3-11/h2-3,6,11-12H,4-5,10H2,1H3;1-2,5,11H,3-4,9-10H2. The Morgan fingerprint density at radius 2 is 1.60 bits per heavy atom. The van der Waals surface area contributed by atoms with Crippen LogP contribution in [0.5, 0.6) is 11.5 Å². The molecule has 0 bridgehead atoms. The van der Waals surface area contributed by atoms with Gasteiger partial charge in [0.2, 0.25) is 0 Å². The second-order valence-electron chi connectivity index (χ2n) is 4.98. The van der Waals surface area contributed by atoms with Crippen molar-refractivity contribution >= 4 is 22.7 Å². The molecule has 8 heteroatoms. The maximum atomic E-state index is 8.58. The van der Waals surface area contributed by atoms with Crippen LogP contribution in [0.4, 0.5) is 22.7 Å². The van der Waals surface area contributed by atoms with Crippen molar-refractivity contribution in [1.29, 1.82) is 0 Å². The van der Waals surface area contributed by atoms with E-state index < -0.39 is 0 Å². The van der Waals surface area contributed by atoms with Gasteiger partial charge in [0.05, 0.1) is 31.7 Å². The molecule has 0 radical (unpaired) electrons. The van der Waals surface area contributed by atoms with Gasteiger partial charge in [-0.25, -0.2) is 0 Å². The highest BCUT2D eigenvalue weighted by molar-refractivity contribution is 5.62. The largest absolute Gasteiger partial charge is 0.495 e. The summed E-state index contributed by atoms with van der Waals surface area (Å²) in [7, 11) is 1.58. The number of ether oxygens (including phenoxy) is 2. The molecule has 0 heterocycles. The zero-order valence-corrected chi connectivity index (χ0v) is 14.2. The van der Waals surface area contributed by atoms with Gasteiger partial charge in [0.25, 0.3) is 0 Å². The Bertz CT molecular complexity index is 653. The number of nitrogens with one attached hydrogen (secondary N) is 1. The molecule has 8 nitrogen and oxygen atoms in total. The van der Waals surface area contributed by atoms with Gasteiger partial charge in [-0.05, 0) is 36.4 Å². The number of rotatable bonds is 7. The Hall–Kier alpha value is -2.84. The Morgan fingerprint density at radius 1 is 0.920 bits per heavy atom. The van der Waals surface area contributed by atoms with Crippen molar-refractivity contribution in [3.05, 3.63) is 36.4 Å². The fourth-order valence-corrected chi connectivity index (χ4v) is 1.90. The number of nitrogen functional groups attached to an aromatic ring is 3. The smallest absolute Gasteiger partial charge is 0.142 e. The summed E-state index contributed by atoms with van der Waals surface area (Å²) in [6.45, 7) is 0.843. The summed E-state index contributed by atoms with van der Waals surface area (Å²) in [4.78, 5) is 0. The average molecular weight is 350 g/mol. The van der Waals surface area contributed by atoms with Crippen LogP contribution in [0.25, 0.3) is 0 Å². The van der Waals surface area contributed by atoms with Crippen molar-refractivity contribution in [2.75, 3.05) is 56.0 Å². The fourth-order valence-electron chi connectivity index (χ4n) is 1.90. The summed E-state index contributed by atoms with van der Waals surface area (Å²) in [5.74, 6) is 1.22. The lowest BCUT2D eigenvalue weighted by Crippen LogP contribution is -2.05. The van der Waals surface area contributed by atoms with Gasteiger partial charge in [0.1, 0.15) is 18.1 Å². The van der Waals surface area contributed by atoms with E-state index in [1.165, 1.54) is 0 Å². The molecular formula is C17H26N4O4. The maximum Gasteiger partial charge on any atom is 0.142 e. The molecule has 0 saturated carbocycles. The minimum absolute atomic E-state index is 0.0240. The lowest BCUT2D eigenvalue weighted by atomic mass is 10.2. The highest BCUT2D eigenvalue weighted by Crippen LogP contribution is 2.24. The van der Waals surface area contributed by atoms with Crippen LogP contribution in [0.15, 0.2) is 36.4 Å². The van der Waals surface area contributed by atoms with E-state index in [4.69, 9.17) is 36.9 Å². The van der Waals surface area contributed by atoms with Gasteiger partial charge in [-0.3, -0.25) is 0 Å². The van der Waals surface area contributed by atoms with E-state index in [2.05, 4.69) is 5.32 Å². The molecule has 9 N–H and O–H groups in total. The molecule has 25 heavy (non-hydrogen) atoms. The predicted octanol–water partition coefficient (Wildman–Crippen LogP) is 0.904. The number of hydrogen-bond acceptors (Lipinski definition) is 8. The molecule has 138 valence electrons. The number of benzene rings is 2. The minimum atomic E-state index is -0.0240. The molecule has 0 aliphatic heterocycles. The molecule has 0 atom stereocenters. The molecule has 2 aromatic carbocycles. The van der Waals surface area contributed by atoms with E-state index in [0.29, 0.717) is 35.1 Å². The Labute approximate surface area is 147 Å². The highest BCUT2D eigenvalue weighted by Gasteiger charge is 1.99. The van der Waals surface area contributed by atoms with E-state index in [1.54, 1.807) is 37.4 Å². The van der Waals surface area contributed by atoms with Crippen molar-refractivity contribution in [2.45, 2.75) is 0 Å². The van der Waals surface area contributed by atoms with Crippen molar-refractivity contribution in [1.82, 2.24) is 0 Å². The van der Waals surface area contributed by atoms with Gasteiger partial charge >= 0.3 is 0 Å². The molecule has 0 aliphatic carbocycles. The second-order valence-corrected chi connectivity index (χ2v) is 4.98. The van der Waals surface area contributed by atoms with Crippen LogP contribution in [0, 0.1) is 0 Å². The van der Waals surface area contributed by atoms with Crippen LogP contribution in [-0.2, 0) is 0 Å². The second kappa shape index (κ2) is 10.8. The maximum absolute atomic E-state index is 8.58. The van der Waals surface area contributed by atoms with Crippen molar-refractivity contribution in [2.24, 2.45) is 0 Å². The van der Waals surface area contributed by atoms with Gasteiger partial charge in [-0.1, -0.05) is 0 Å². The summed E-state index contributed by atoms with van der Waals surface area (Å²) in [5, 5.41) is 20.1. The molecule has 0 spiro atoms. The molecular weight excluding hydrogens is 324 g/mol. The zero-order chi connectivity index (χ0) is 18.7. The van der Waals surface area contributed by atoms with Crippen LogP contribution in [0.3, 0.4) is 0 Å². The van der Waals surface area contributed by atoms with Gasteiger partial charge < -0.3 is 42.2 Å². The van der Waals surface area contributed by atoms with Crippen LogP contribution in [0.2, 0.25) is 0 Å². The summed E-state index contributed by atoms with van der Waals surface area (Å²) < 4.78 is 10.1. The van der Waals surface area contributed by atoms with Gasteiger partial charge in [-0.15, -0.1) is 0 Å². The van der Waals surface area contributed by atoms with Crippen molar-refractivity contribution < 1.29 is 19.7 Å². The monoisotopic (exact) mass is 350 g/mol. The number of anilines is 4. The Balaban J connectivity index is 0.000000251. The van der Waals surface area contributed by atoms with Gasteiger partial charge in [0, 0.05) is 17.9 Å². The molecule has 0 saturated heterocycles. The minimum Gasteiger partial charge on any atom is -0.495 e. The first-order chi connectivity index (χ1) is 12.0. The zero-order valence-electron chi connectivity index (χ0n) is 14.2. The number of aliphatic hydroxyl groups is 2. The molecule has 2 rings (SSSR count). The first-order valence-corrected chi connectivity index (χ1v) is 7.68. The summed E-state index contributed by atoms with van der Waals surface area (Å²) >= 11 is 0. The average Bonchev–Trinajstić information content (AvgIpc) is 2.60. The normalized spacial score (nSPS) is 9.72. The van der Waals surface area contributed by atoms with Crippen molar-refractivity contribution in [3.63, 3.8) is 0 Å². The van der Waals surface area contributed by atoms with Crippen LogP contribution in [0.1, 0.15) is 0 Å². The molecule has 0 unspecified atom stereocenters. The first-order valence-electron chi connectivity index (χ1n) is 7.68. The van der Waals surface area contributed by atoms with Crippen LogP contribution in [-0.4, -0.2) is 43.7 Å². The van der Waals surface area contributed by atoms with Crippen LogP contribution < -0.4 is 32.0 Å². The lowest BCUT2D eigenvalue weighted by molar-refractivity contribution is 0.202. The highest BCUT2D eigenvalue weighted by atomic mass is 16.5. The van der Waals surface area contributed by atoms with E-state index >= 15 is 0 Å². The van der Waals surface area contributed by atoms with Crippen molar-refractivity contribution in [3.8, 4) is 11.5 Å². The molecule has 0 amide bonds. The molecule has 0 aliphatic rings.